The molecule has 24 heavy (non-hydrogen) atoms. The van der Waals surface area contributed by atoms with Gasteiger partial charge in [0.2, 0.25) is 0 Å². The largest absolute Gasteiger partial charge is 0.619 e. The van der Waals surface area contributed by atoms with Gasteiger partial charge in [-0.1, -0.05) is 24.3 Å². The maximum absolute atomic E-state index is 12.0. The molecule has 0 radical (unpaired) electrons. The maximum Gasteiger partial charge on any atom is 0.251 e. The van der Waals surface area contributed by atoms with E-state index in [1.54, 1.807) is 11.3 Å². The number of carbonyl (C=O) groups excluding carboxylic acids is 1. The maximum atomic E-state index is 12.0. The normalized spacial score (nSPS) is 10.5. The first-order valence-electron chi connectivity index (χ1n) is 7.60. The first kappa shape index (κ1) is 16.1. The first-order valence-corrected chi connectivity index (χ1v) is 8.48. The van der Waals surface area contributed by atoms with Crippen LogP contribution in [-0.2, 0) is 6.42 Å². The molecule has 0 aliphatic heterocycles. The second kappa shape index (κ2) is 7.23. The van der Waals surface area contributed by atoms with E-state index in [9.17, 15) is 10.0 Å². The number of hydrogen-bond donors (Lipinski definition) is 1. The van der Waals surface area contributed by atoms with E-state index in [0.717, 1.165) is 28.2 Å². The van der Waals surface area contributed by atoms with Gasteiger partial charge in [0.25, 0.3) is 5.91 Å². The Morgan fingerprint density at radius 1 is 1.21 bits per heavy atom. The average molecular weight is 339 g/mol. The molecule has 3 rings (SSSR count). The van der Waals surface area contributed by atoms with Crippen molar-refractivity contribution in [1.82, 2.24) is 10.3 Å². The third-order valence-corrected chi connectivity index (χ3v) is 4.41. The highest BCUT2D eigenvalue weighted by molar-refractivity contribution is 7.09. The Morgan fingerprint density at radius 3 is 2.54 bits per heavy atom. The molecular weight excluding hydrogens is 322 g/mol. The van der Waals surface area contributed by atoms with Crippen LogP contribution in [0, 0.1) is 12.1 Å². The molecule has 0 saturated carbocycles. The van der Waals surface area contributed by atoms with E-state index in [4.69, 9.17) is 0 Å². The highest BCUT2D eigenvalue weighted by Crippen LogP contribution is 2.21. The summed E-state index contributed by atoms with van der Waals surface area (Å²) >= 11 is 1.64. The molecular formula is C18H17N3O2S. The molecule has 0 unspecified atom stereocenters. The third kappa shape index (κ3) is 3.97. The van der Waals surface area contributed by atoms with Gasteiger partial charge in [0, 0.05) is 29.6 Å². The lowest BCUT2D eigenvalue weighted by molar-refractivity contribution is -0.605. The summed E-state index contributed by atoms with van der Waals surface area (Å²) in [6, 6.07) is 11.2. The smallest absolute Gasteiger partial charge is 0.251 e. The van der Waals surface area contributed by atoms with Gasteiger partial charge >= 0.3 is 0 Å². The minimum Gasteiger partial charge on any atom is -0.619 e. The predicted octanol–water partition coefficient (Wildman–Crippen LogP) is 2.72. The van der Waals surface area contributed by atoms with Crippen molar-refractivity contribution in [3.63, 3.8) is 0 Å². The van der Waals surface area contributed by atoms with Crippen LogP contribution in [0.15, 0.2) is 54.2 Å². The number of benzene rings is 1. The van der Waals surface area contributed by atoms with Crippen molar-refractivity contribution in [1.29, 1.82) is 0 Å². The van der Waals surface area contributed by atoms with Gasteiger partial charge in [-0.05, 0) is 18.9 Å². The Kier molecular flexibility index (Phi) is 4.86. The topological polar surface area (TPSA) is 68.9 Å². The summed E-state index contributed by atoms with van der Waals surface area (Å²) in [4.78, 5) is 16.4. The van der Waals surface area contributed by atoms with Crippen molar-refractivity contribution >= 4 is 17.2 Å². The number of aromatic nitrogens is 2. The highest BCUT2D eigenvalue weighted by Gasteiger charge is 2.06. The van der Waals surface area contributed by atoms with Crippen molar-refractivity contribution in [2.45, 2.75) is 13.3 Å². The molecule has 1 aromatic carbocycles. The number of rotatable bonds is 5. The monoisotopic (exact) mass is 339 g/mol. The fourth-order valence-corrected chi connectivity index (χ4v) is 2.95. The van der Waals surface area contributed by atoms with Crippen molar-refractivity contribution < 1.29 is 9.52 Å². The molecule has 0 spiro atoms. The Morgan fingerprint density at radius 2 is 1.92 bits per heavy atom. The second-order valence-electron chi connectivity index (χ2n) is 5.40. The minimum atomic E-state index is -0.176. The van der Waals surface area contributed by atoms with Gasteiger partial charge in [0.1, 0.15) is 0 Å². The fraction of sp³-hybridized carbons (Fsp3) is 0.167. The summed E-state index contributed by atoms with van der Waals surface area (Å²) < 4.78 is 0.655. The summed E-state index contributed by atoms with van der Waals surface area (Å²) in [7, 11) is 0. The summed E-state index contributed by atoms with van der Waals surface area (Å²) in [6.07, 6.45) is 3.37. The lowest BCUT2D eigenvalue weighted by atomic mass is 10.1. The Balaban J connectivity index is 1.53. The van der Waals surface area contributed by atoms with E-state index in [0.29, 0.717) is 16.8 Å². The standard InChI is InChI=1S/C18H17N3O2S/c1-13-20-17(12-24-13)15-4-2-14(3-5-15)6-9-19-18(22)16-7-10-21(23)11-8-16/h2-5,7-8,10-12H,6,9H2,1H3,(H,19,22). The first-order chi connectivity index (χ1) is 11.6. The van der Waals surface area contributed by atoms with E-state index in [2.05, 4.69) is 39.9 Å². The summed E-state index contributed by atoms with van der Waals surface area (Å²) in [5.41, 5.74) is 3.73. The van der Waals surface area contributed by atoms with Crippen molar-refractivity contribution in [3.8, 4) is 11.3 Å². The SMILES string of the molecule is Cc1nc(-c2ccc(CCNC(=O)c3cc[n+]([O-])cc3)cc2)cs1. The number of pyridine rings is 1. The molecule has 1 N–H and O–H groups in total. The lowest BCUT2D eigenvalue weighted by Gasteiger charge is -2.06. The molecule has 0 atom stereocenters. The molecule has 5 nitrogen and oxygen atoms in total. The fourth-order valence-electron chi connectivity index (χ4n) is 2.32. The zero-order chi connectivity index (χ0) is 16.9. The number of carbonyl (C=O) groups is 1. The predicted molar refractivity (Wildman–Crippen MR) is 93.7 cm³/mol. The summed E-state index contributed by atoms with van der Waals surface area (Å²) in [6.45, 7) is 2.54. The van der Waals surface area contributed by atoms with Crippen LogP contribution in [0.4, 0.5) is 0 Å². The van der Waals surface area contributed by atoms with Crippen LogP contribution in [0.25, 0.3) is 11.3 Å². The number of nitrogens with one attached hydrogen (secondary N) is 1. The lowest BCUT2D eigenvalue weighted by Crippen LogP contribution is -2.28. The van der Waals surface area contributed by atoms with E-state index in [1.807, 2.05) is 6.92 Å². The molecule has 2 heterocycles. The van der Waals surface area contributed by atoms with Crippen LogP contribution in [0.2, 0.25) is 0 Å². The zero-order valence-electron chi connectivity index (χ0n) is 13.2. The molecule has 0 aliphatic carbocycles. The molecule has 122 valence electrons. The molecule has 0 fully saturated rings. The Hall–Kier alpha value is -2.73. The van der Waals surface area contributed by atoms with Crippen molar-refractivity contribution in [2.24, 2.45) is 0 Å². The summed E-state index contributed by atoms with van der Waals surface area (Å²) in [5.74, 6) is -0.176. The van der Waals surface area contributed by atoms with Gasteiger partial charge in [-0.25, -0.2) is 4.98 Å². The zero-order valence-corrected chi connectivity index (χ0v) is 14.0. The van der Waals surface area contributed by atoms with Gasteiger partial charge in [0.15, 0.2) is 12.4 Å². The second-order valence-corrected chi connectivity index (χ2v) is 6.46. The molecule has 0 aliphatic rings. The summed E-state index contributed by atoms with van der Waals surface area (Å²) in [5, 5.41) is 16.9. The minimum absolute atomic E-state index is 0.176. The molecule has 0 saturated heterocycles. The van der Waals surface area contributed by atoms with Gasteiger partial charge in [-0.15, -0.1) is 11.3 Å². The Labute approximate surface area is 144 Å². The van der Waals surface area contributed by atoms with Crippen LogP contribution >= 0.6 is 11.3 Å². The van der Waals surface area contributed by atoms with E-state index >= 15 is 0 Å². The van der Waals surface area contributed by atoms with E-state index < -0.39 is 0 Å². The van der Waals surface area contributed by atoms with Crippen LogP contribution < -0.4 is 10.0 Å². The molecule has 0 bridgehead atoms. The number of thiazole rings is 1. The van der Waals surface area contributed by atoms with Crippen LogP contribution in [0.1, 0.15) is 20.9 Å². The van der Waals surface area contributed by atoms with Gasteiger partial charge in [0.05, 0.1) is 16.3 Å². The van der Waals surface area contributed by atoms with Crippen LogP contribution in [0.3, 0.4) is 0 Å². The Bertz CT molecular complexity index is 826. The number of aryl methyl sites for hydroxylation is 1. The van der Waals surface area contributed by atoms with Crippen LogP contribution in [0.5, 0.6) is 0 Å². The highest BCUT2D eigenvalue weighted by atomic mass is 32.1. The van der Waals surface area contributed by atoms with Gasteiger partial charge < -0.3 is 10.5 Å². The van der Waals surface area contributed by atoms with Gasteiger partial charge in [-0.2, -0.15) is 4.73 Å². The van der Waals surface area contributed by atoms with Crippen molar-refractivity contribution in [3.05, 3.63) is 75.5 Å². The molecule has 1 amide bonds. The van der Waals surface area contributed by atoms with Crippen molar-refractivity contribution in [2.75, 3.05) is 6.54 Å². The van der Waals surface area contributed by atoms with E-state index in [1.165, 1.54) is 24.5 Å². The number of nitrogens with zero attached hydrogens (tertiary/aromatic N) is 2. The van der Waals surface area contributed by atoms with E-state index in [-0.39, 0.29) is 5.91 Å². The third-order valence-electron chi connectivity index (χ3n) is 3.63. The molecule has 3 aromatic rings. The van der Waals surface area contributed by atoms with Crippen LogP contribution in [-0.4, -0.2) is 17.4 Å². The van der Waals surface area contributed by atoms with Gasteiger partial charge in [-0.3, -0.25) is 4.79 Å². The molecule has 6 heteroatoms. The average Bonchev–Trinajstić information content (AvgIpc) is 3.02. The molecule has 2 aromatic heterocycles. The number of amides is 1. The quantitative estimate of drug-likeness (QED) is 0.574. The number of hydrogen-bond acceptors (Lipinski definition) is 4.